The molecule has 2 atom stereocenters. The van der Waals surface area contributed by atoms with E-state index in [9.17, 15) is 19.1 Å². The Morgan fingerprint density at radius 1 is 1.19 bits per heavy atom. The van der Waals surface area contributed by atoms with Gasteiger partial charge in [0.2, 0.25) is 5.91 Å². The molecular formula is C32H32FN5O5. The molecule has 4 N–H and O–H groups in total. The van der Waals surface area contributed by atoms with Crippen LogP contribution in [0, 0.1) is 11.7 Å². The highest BCUT2D eigenvalue weighted by atomic mass is 19.1. The average Bonchev–Trinajstić information content (AvgIpc) is 3.95. The molecule has 3 aliphatic rings. The first-order valence-electron chi connectivity index (χ1n) is 14.4. The molecule has 0 spiro atoms. The van der Waals surface area contributed by atoms with Gasteiger partial charge in [-0.3, -0.25) is 9.59 Å². The fourth-order valence-corrected chi connectivity index (χ4v) is 5.87. The SMILES string of the molecule is COc1cc(C(=O)NCC(O)(c2cc3c(c(-c4ccc(F)cc4)n2)OC[C@]3(C)C(N)=O)C2CC2)cn2cc(C3CC3)nc12. The van der Waals surface area contributed by atoms with E-state index in [0.29, 0.717) is 45.4 Å². The normalized spacial score (nSPS) is 20.7. The molecule has 4 heterocycles. The van der Waals surface area contributed by atoms with Crippen molar-refractivity contribution in [2.75, 3.05) is 20.3 Å². The van der Waals surface area contributed by atoms with Crippen LogP contribution >= 0.6 is 0 Å². The Hall–Kier alpha value is -4.51. The molecule has 3 aromatic heterocycles. The molecule has 0 bridgehead atoms. The number of methoxy groups -OCH3 is 1. The number of imidazole rings is 1. The smallest absolute Gasteiger partial charge is 0.253 e. The number of carbonyl (C=O) groups is 2. The Morgan fingerprint density at radius 2 is 1.93 bits per heavy atom. The number of ether oxygens (including phenoxy) is 2. The zero-order chi connectivity index (χ0) is 30.1. The molecule has 2 saturated carbocycles. The quantitative estimate of drug-likeness (QED) is 0.273. The number of halogens is 1. The molecule has 2 amide bonds. The minimum atomic E-state index is -1.55. The van der Waals surface area contributed by atoms with E-state index < -0.39 is 28.6 Å². The van der Waals surface area contributed by atoms with Crippen molar-refractivity contribution in [3.63, 3.8) is 0 Å². The predicted molar refractivity (Wildman–Crippen MR) is 154 cm³/mol. The number of nitrogens with zero attached hydrogens (tertiary/aromatic N) is 3. The van der Waals surface area contributed by atoms with Gasteiger partial charge in [0.15, 0.2) is 11.4 Å². The number of nitrogens with two attached hydrogens (primary N) is 1. The maximum Gasteiger partial charge on any atom is 0.253 e. The number of pyridine rings is 2. The number of nitrogens with one attached hydrogen (secondary N) is 1. The van der Waals surface area contributed by atoms with Crippen LogP contribution in [0.25, 0.3) is 16.9 Å². The Bertz CT molecular complexity index is 1780. The number of aliphatic hydroxyl groups is 1. The molecule has 7 rings (SSSR count). The van der Waals surface area contributed by atoms with Crippen LogP contribution in [0.3, 0.4) is 0 Å². The summed E-state index contributed by atoms with van der Waals surface area (Å²) >= 11 is 0. The van der Waals surface area contributed by atoms with Crippen molar-refractivity contribution in [2.45, 2.75) is 49.5 Å². The second-order valence-corrected chi connectivity index (χ2v) is 12.1. The van der Waals surface area contributed by atoms with Gasteiger partial charge in [0.05, 0.1) is 30.6 Å². The number of rotatable bonds is 9. The number of fused-ring (bicyclic) bond motifs is 2. The van der Waals surface area contributed by atoms with E-state index in [2.05, 4.69) is 10.3 Å². The lowest BCUT2D eigenvalue weighted by Gasteiger charge is -2.30. The molecule has 1 unspecified atom stereocenters. The lowest BCUT2D eigenvalue weighted by atomic mass is 9.81. The van der Waals surface area contributed by atoms with Gasteiger partial charge in [-0.25, -0.2) is 14.4 Å². The van der Waals surface area contributed by atoms with Crippen LogP contribution in [0.4, 0.5) is 4.39 Å². The molecule has 4 aromatic rings. The molecule has 11 heteroatoms. The minimum Gasteiger partial charge on any atom is -0.493 e. The van der Waals surface area contributed by atoms with Gasteiger partial charge < -0.3 is 30.0 Å². The van der Waals surface area contributed by atoms with Crippen LogP contribution in [0.5, 0.6) is 11.5 Å². The highest BCUT2D eigenvalue weighted by Crippen LogP contribution is 2.50. The standard InChI is InChI=1S/C32H32FN5O5/c1-31(30(34)40)16-43-27-22(31)12-25(37-26(27)18-5-9-21(33)10-6-18)32(41,20-7-8-20)15-35-29(39)19-11-24(42-2)28-36-23(17-3-4-17)14-38(28)13-19/h5-6,9-14,17,20,41H,3-4,7-8,15-16H2,1-2H3,(H2,34,40)(H,35,39)/t31-,32?/m0/s1. The summed E-state index contributed by atoms with van der Waals surface area (Å²) in [4.78, 5) is 35.6. The van der Waals surface area contributed by atoms with Crippen molar-refractivity contribution in [1.82, 2.24) is 19.7 Å². The third-order valence-corrected chi connectivity index (χ3v) is 8.96. The number of benzene rings is 1. The summed E-state index contributed by atoms with van der Waals surface area (Å²) in [6, 6.07) is 9.05. The third kappa shape index (κ3) is 4.58. The number of hydrogen-bond acceptors (Lipinski definition) is 7. The molecule has 1 aromatic carbocycles. The van der Waals surface area contributed by atoms with Crippen molar-refractivity contribution < 1.29 is 28.6 Å². The topological polar surface area (TPSA) is 141 Å². The van der Waals surface area contributed by atoms with Gasteiger partial charge in [0.25, 0.3) is 5.91 Å². The fourth-order valence-electron chi connectivity index (χ4n) is 5.87. The molecule has 10 nitrogen and oxygen atoms in total. The lowest BCUT2D eigenvalue weighted by molar-refractivity contribution is -0.123. The molecule has 0 radical (unpaired) electrons. The van der Waals surface area contributed by atoms with Crippen LogP contribution in [-0.4, -0.2) is 51.6 Å². The lowest BCUT2D eigenvalue weighted by Crippen LogP contribution is -2.44. The number of hydrogen-bond donors (Lipinski definition) is 3. The average molecular weight is 586 g/mol. The second kappa shape index (κ2) is 9.77. The monoisotopic (exact) mass is 585 g/mol. The first kappa shape index (κ1) is 27.3. The van der Waals surface area contributed by atoms with Gasteiger partial charge in [-0.2, -0.15) is 0 Å². The number of carbonyl (C=O) groups excluding carboxylic acids is 2. The third-order valence-electron chi connectivity index (χ3n) is 8.96. The van der Waals surface area contributed by atoms with Crippen LogP contribution in [0.15, 0.2) is 48.8 Å². The Labute approximate surface area is 247 Å². The Balaban J connectivity index is 1.25. The molecule has 222 valence electrons. The summed E-state index contributed by atoms with van der Waals surface area (Å²) in [5.74, 6) is -0.273. The first-order valence-corrected chi connectivity index (χ1v) is 14.4. The number of amides is 2. The molecule has 2 fully saturated rings. The van der Waals surface area contributed by atoms with Gasteiger partial charge in [0, 0.05) is 29.4 Å². The van der Waals surface area contributed by atoms with Gasteiger partial charge in [-0.05, 0) is 74.9 Å². The largest absolute Gasteiger partial charge is 0.493 e. The van der Waals surface area contributed by atoms with Gasteiger partial charge in [-0.1, -0.05) is 0 Å². The van der Waals surface area contributed by atoms with Crippen LogP contribution in [0.1, 0.15) is 65.8 Å². The molecule has 43 heavy (non-hydrogen) atoms. The van der Waals surface area contributed by atoms with E-state index in [0.717, 1.165) is 31.4 Å². The summed E-state index contributed by atoms with van der Waals surface area (Å²) in [6.07, 6.45) is 7.31. The van der Waals surface area contributed by atoms with Crippen molar-refractivity contribution in [2.24, 2.45) is 11.7 Å². The van der Waals surface area contributed by atoms with Gasteiger partial charge >= 0.3 is 0 Å². The maximum absolute atomic E-state index is 13.8. The van der Waals surface area contributed by atoms with Gasteiger partial charge in [0.1, 0.15) is 34.9 Å². The number of aromatic nitrogens is 3. The molecule has 0 saturated heterocycles. The van der Waals surface area contributed by atoms with Crippen molar-refractivity contribution in [1.29, 1.82) is 0 Å². The maximum atomic E-state index is 13.8. The highest BCUT2D eigenvalue weighted by molar-refractivity contribution is 5.95. The summed E-state index contributed by atoms with van der Waals surface area (Å²) < 4.78 is 27.1. The Morgan fingerprint density at radius 3 is 2.58 bits per heavy atom. The van der Waals surface area contributed by atoms with E-state index in [1.807, 2.05) is 6.20 Å². The summed E-state index contributed by atoms with van der Waals surface area (Å²) in [5.41, 5.74) is 6.77. The molecule has 2 aliphatic carbocycles. The van der Waals surface area contributed by atoms with E-state index in [4.69, 9.17) is 20.2 Å². The van der Waals surface area contributed by atoms with Crippen LogP contribution in [-0.2, 0) is 15.8 Å². The summed E-state index contributed by atoms with van der Waals surface area (Å²) in [6.45, 7) is 1.57. The van der Waals surface area contributed by atoms with Crippen LogP contribution in [0.2, 0.25) is 0 Å². The van der Waals surface area contributed by atoms with E-state index >= 15 is 0 Å². The summed E-state index contributed by atoms with van der Waals surface area (Å²) in [7, 11) is 1.54. The summed E-state index contributed by atoms with van der Waals surface area (Å²) in [5, 5.41) is 15.1. The van der Waals surface area contributed by atoms with E-state index in [1.165, 1.54) is 19.2 Å². The zero-order valence-corrected chi connectivity index (χ0v) is 23.9. The van der Waals surface area contributed by atoms with Crippen molar-refractivity contribution in [3.05, 3.63) is 77.1 Å². The molecular weight excluding hydrogens is 553 g/mol. The van der Waals surface area contributed by atoms with Crippen LogP contribution < -0.4 is 20.5 Å². The highest BCUT2D eigenvalue weighted by Gasteiger charge is 2.50. The molecule has 1 aliphatic heterocycles. The fraction of sp³-hybridized carbons (Fsp3) is 0.375. The van der Waals surface area contributed by atoms with Crippen molar-refractivity contribution in [3.8, 4) is 22.8 Å². The second-order valence-electron chi connectivity index (χ2n) is 12.1. The van der Waals surface area contributed by atoms with Crippen molar-refractivity contribution >= 4 is 17.5 Å². The van der Waals surface area contributed by atoms with E-state index in [-0.39, 0.29) is 24.8 Å². The minimum absolute atomic E-state index is 0.0105. The van der Waals surface area contributed by atoms with E-state index in [1.54, 1.807) is 41.8 Å². The Kier molecular flexibility index (Phi) is 6.21. The number of primary amides is 1. The zero-order valence-electron chi connectivity index (χ0n) is 23.9. The first-order chi connectivity index (χ1) is 20.6. The predicted octanol–water partition coefficient (Wildman–Crippen LogP) is 3.58. The van der Waals surface area contributed by atoms with Gasteiger partial charge in [-0.15, -0.1) is 0 Å².